The van der Waals surface area contributed by atoms with E-state index in [4.69, 9.17) is 4.74 Å². The highest BCUT2D eigenvalue weighted by Crippen LogP contribution is 2.26. The van der Waals surface area contributed by atoms with Gasteiger partial charge in [0, 0.05) is 12.1 Å². The second kappa shape index (κ2) is 4.30. The molecule has 2 aromatic rings. The molecule has 0 atom stereocenters. The Bertz CT molecular complexity index is 611. The van der Waals surface area contributed by atoms with E-state index >= 15 is 0 Å². The monoisotopic (exact) mass is 238 g/mol. The van der Waals surface area contributed by atoms with Gasteiger partial charge >= 0.3 is 0 Å². The van der Waals surface area contributed by atoms with Crippen LogP contribution in [0.3, 0.4) is 0 Å². The molecule has 2 aromatic carbocycles. The molecule has 0 radical (unpaired) electrons. The summed E-state index contributed by atoms with van der Waals surface area (Å²) in [7, 11) is 0. The highest BCUT2D eigenvalue weighted by atomic mass is 16.5. The van der Waals surface area contributed by atoms with Crippen molar-refractivity contribution in [2.24, 2.45) is 0 Å². The molecule has 0 saturated carbocycles. The van der Waals surface area contributed by atoms with E-state index < -0.39 is 0 Å². The Labute approximate surface area is 107 Å². The molecule has 0 unspecified atom stereocenters. The van der Waals surface area contributed by atoms with Crippen molar-refractivity contribution in [1.29, 1.82) is 0 Å². The number of ether oxygens (including phenoxy) is 1. The lowest BCUT2D eigenvalue weighted by molar-refractivity contribution is -0.476. The predicted octanol–water partition coefficient (Wildman–Crippen LogP) is 3.42. The first-order valence-corrected chi connectivity index (χ1v) is 6.14. The van der Waals surface area contributed by atoms with E-state index in [1.807, 2.05) is 0 Å². The predicted molar refractivity (Wildman–Crippen MR) is 72.9 cm³/mol. The third kappa shape index (κ3) is 1.90. The topological polar surface area (TPSA) is 12.2 Å². The number of hydrogen-bond donors (Lipinski definition) is 0. The minimum atomic E-state index is 0.570. The zero-order chi connectivity index (χ0) is 12.5. The van der Waals surface area contributed by atoms with Crippen molar-refractivity contribution in [2.75, 3.05) is 6.73 Å². The van der Waals surface area contributed by atoms with Gasteiger partial charge in [-0.05, 0) is 25.5 Å². The molecule has 0 N–H and O–H groups in total. The lowest BCUT2D eigenvalue weighted by Crippen LogP contribution is -2.21. The van der Waals surface area contributed by atoms with Crippen LogP contribution in [-0.4, -0.2) is 17.5 Å². The Morgan fingerprint density at radius 1 is 1.00 bits per heavy atom. The maximum absolute atomic E-state index is 5.85. The van der Waals surface area contributed by atoms with Crippen molar-refractivity contribution in [3.63, 3.8) is 0 Å². The smallest absolute Gasteiger partial charge is 0.292 e. The molecule has 0 fully saturated rings. The van der Waals surface area contributed by atoms with Crippen LogP contribution in [-0.2, 0) is 0 Å². The second-order valence-electron chi connectivity index (χ2n) is 4.70. The van der Waals surface area contributed by atoms with Crippen LogP contribution in [0.1, 0.15) is 16.7 Å². The van der Waals surface area contributed by atoms with Crippen LogP contribution >= 0.6 is 0 Å². The van der Waals surface area contributed by atoms with E-state index in [0.717, 1.165) is 17.0 Å². The molecule has 0 aliphatic carbocycles. The van der Waals surface area contributed by atoms with Gasteiger partial charge in [-0.15, -0.1) is 0 Å². The van der Waals surface area contributed by atoms with E-state index in [9.17, 15) is 0 Å². The van der Waals surface area contributed by atoms with Gasteiger partial charge in [-0.2, -0.15) is 4.58 Å². The quantitative estimate of drug-likeness (QED) is 0.693. The van der Waals surface area contributed by atoms with E-state index in [1.165, 1.54) is 11.1 Å². The lowest BCUT2D eigenvalue weighted by atomic mass is 10.1. The van der Waals surface area contributed by atoms with E-state index in [-0.39, 0.29) is 0 Å². The largest absolute Gasteiger partial charge is 0.435 e. The summed E-state index contributed by atoms with van der Waals surface area (Å²) in [4.78, 5) is 0. The zero-order valence-corrected chi connectivity index (χ0v) is 10.7. The average molecular weight is 238 g/mol. The summed E-state index contributed by atoms with van der Waals surface area (Å²) in [5.74, 6) is 1.00. The molecule has 0 amide bonds. The molecule has 0 bridgehead atoms. The fourth-order valence-corrected chi connectivity index (χ4v) is 2.20. The molecular weight excluding hydrogens is 222 g/mol. The van der Waals surface area contributed by atoms with Gasteiger partial charge in [-0.3, -0.25) is 0 Å². The number of benzene rings is 2. The van der Waals surface area contributed by atoms with E-state index in [0.29, 0.717) is 6.73 Å². The van der Waals surface area contributed by atoms with Crippen LogP contribution in [0.4, 0.5) is 5.69 Å². The first-order valence-electron chi connectivity index (χ1n) is 6.14. The van der Waals surface area contributed by atoms with Crippen molar-refractivity contribution in [1.82, 2.24) is 0 Å². The van der Waals surface area contributed by atoms with Crippen molar-refractivity contribution in [3.8, 4) is 5.75 Å². The molecule has 1 aliphatic heterocycles. The minimum absolute atomic E-state index is 0.570. The summed E-state index contributed by atoms with van der Waals surface area (Å²) in [5.41, 5.74) is 4.76. The Morgan fingerprint density at radius 3 is 2.56 bits per heavy atom. The number of para-hydroxylation sites is 1. The zero-order valence-electron chi connectivity index (χ0n) is 10.7. The summed E-state index contributed by atoms with van der Waals surface area (Å²) in [5, 5.41) is 0. The van der Waals surface area contributed by atoms with Gasteiger partial charge in [0.1, 0.15) is 5.75 Å². The Balaban J connectivity index is 2.03. The van der Waals surface area contributed by atoms with Crippen LogP contribution in [0.25, 0.3) is 0 Å². The third-order valence-corrected chi connectivity index (χ3v) is 3.25. The second-order valence-corrected chi connectivity index (χ2v) is 4.70. The number of aryl methyl sites for hydroxylation is 2. The number of rotatable bonds is 1. The van der Waals surface area contributed by atoms with Crippen LogP contribution in [0.15, 0.2) is 42.5 Å². The van der Waals surface area contributed by atoms with E-state index in [1.54, 1.807) is 0 Å². The van der Waals surface area contributed by atoms with Gasteiger partial charge in [0.05, 0.1) is 5.56 Å². The Morgan fingerprint density at radius 2 is 1.78 bits per heavy atom. The number of fused-ring (bicyclic) bond motifs is 1. The molecule has 1 heterocycles. The number of nitrogens with zero attached hydrogens (tertiary/aromatic N) is 1. The molecule has 90 valence electrons. The Hall–Kier alpha value is -2.09. The summed E-state index contributed by atoms with van der Waals surface area (Å²) in [6, 6.07) is 14.7. The highest BCUT2D eigenvalue weighted by Gasteiger charge is 2.19. The van der Waals surface area contributed by atoms with Crippen molar-refractivity contribution < 1.29 is 9.31 Å². The van der Waals surface area contributed by atoms with Gasteiger partial charge in [0.2, 0.25) is 5.69 Å². The molecule has 2 nitrogen and oxygen atoms in total. The summed E-state index contributed by atoms with van der Waals surface area (Å²) >= 11 is 0. The molecule has 0 spiro atoms. The van der Waals surface area contributed by atoms with Gasteiger partial charge in [0.15, 0.2) is 6.21 Å². The van der Waals surface area contributed by atoms with Crippen molar-refractivity contribution in [2.45, 2.75) is 13.8 Å². The van der Waals surface area contributed by atoms with Gasteiger partial charge in [0.25, 0.3) is 6.73 Å². The SMILES string of the molecule is Cc1ccc([N+]2=Cc3cccc(C)c3OC2)cc1. The van der Waals surface area contributed by atoms with E-state index in [2.05, 4.69) is 67.1 Å². The van der Waals surface area contributed by atoms with Gasteiger partial charge in [-0.25, -0.2) is 0 Å². The molecular formula is C16H16NO+. The normalized spacial score (nSPS) is 13.6. The van der Waals surface area contributed by atoms with Crippen LogP contribution in [0, 0.1) is 13.8 Å². The molecule has 2 heteroatoms. The average Bonchev–Trinajstić information content (AvgIpc) is 2.39. The summed E-state index contributed by atoms with van der Waals surface area (Å²) in [6.45, 7) is 4.74. The van der Waals surface area contributed by atoms with Crippen LogP contribution in [0.2, 0.25) is 0 Å². The maximum atomic E-state index is 5.85. The van der Waals surface area contributed by atoms with Gasteiger partial charge in [-0.1, -0.05) is 29.8 Å². The summed E-state index contributed by atoms with van der Waals surface area (Å²) < 4.78 is 7.97. The molecule has 0 saturated heterocycles. The summed E-state index contributed by atoms with van der Waals surface area (Å²) in [6.07, 6.45) is 2.15. The lowest BCUT2D eigenvalue weighted by Gasteiger charge is -2.15. The first-order chi connectivity index (χ1) is 8.74. The van der Waals surface area contributed by atoms with Gasteiger partial charge < -0.3 is 4.74 Å². The highest BCUT2D eigenvalue weighted by molar-refractivity contribution is 5.82. The number of hydrogen-bond acceptors (Lipinski definition) is 1. The standard InChI is InChI=1S/C16H16NO/c1-12-6-8-15(9-7-12)17-10-14-5-3-4-13(2)16(14)18-11-17/h3-10H,11H2,1-2H3/q+1. The minimum Gasteiger partial charge on any atom is -0.435 e. The Kier molecular flexibility index (Phi) is 2.63. The maximum Gasteiger partial charge on any atom is 0.292 e. The van der Waals surface area contributed by atoms with Crippen molar-refractivity contribution in [3.05, 3.63) is 59.2 Å². The van der Waals surface area contributed by atoms with Crippen molar-refractivity contribution >= 4 is 11.9 Å². The molecule has 1 aliphatic rings. The van der Waals surface area contributed by atoms with Crippen LogP contribution < -0.4 is 4.74 Å². The molecule has 3 rings (SSSR count). The molecule has 0 aromatic heterocycles. The first kappa shape index (κ1) is 11.0. The molecule has 18 heavy (non-hydrogen) atoms. The van der Waals surface area contributed by atoms with Crippen LogP contribution in [0.5, 0.6) is 5.75 Å². The fourth-order valence-electron chi connectivity index (χ4n) is 2.20. The third-order valence-electron chi connectivity index (χ3n) is 3.25. The fraction of sp³-hybridized carbons (Fsp3) is 0.188.